The van der Waals surface area contributed by atoms with Gasteiger partial charge in [0.15, 0.2) is 0 Å². The Kier molecular flexibility index (Phi) is 1.54. The van der Waals surface area contributed by atoms with Crippen molar-refractivity contribution < 1.29 is 9.84 Å². The summed E-state index contributed by atoms with van der Waals surface area (Å²) in [5, 5.41) is 9.61. The van der Waals surface area contributed by atoms with Gasteiger partial charge in [0, 0.05) is 0 Å². The highest BCUT2D eigenvalue weighted by molar-refractivity contribution is 5.67. The van der Waals surface area contributed by atoms with Gasteiger partial charge in [-0.2, -0.15) is 0 Å². The Hall–Kier alpha value is -1.44. The quantitative estimate of drug-likeness (QED) is 0.633. The van der Waals surface area contributed by atoms with E-state index in [4.69, 9.17) is 4.74 Å². The predicted molar refractivity (Wildman–Crippen MR) is 47.4 cm³/mol. The molecule has 0 fully saturated rings. The summed E-state index contributed by atoms with van der Waals surface area (Å²) in [7, 11) is 0. The van der Waals surface area contributed by atoms with Crippen LogP contribution in [-0.4, -0.2) is 11.7 Å². The summed E-state index contributed by atoms with van der Waals surface area (Å²) in [6.45, 7) is 2.47. The molecule has 62 valence electrons. The summed E-state index contributed by atoms with van der Waals surface area (Å²) in [6, 6.07) is 3.74. The van der Waals surface area contributed by atoms with Crippen molar-refractivity contribution in [2.24, 2.45) is 0 Å². The second-order valence-corrected chi connectivity index (χ2v) is 2.86. The van der Waals surface area contributed by atoms with Crippen LogP contribution in [0.25, 0.3) is 6.08 Å². The second-order valence-electron chi connectivity index (χ2n) is 2.86. The third-order valence-corrected chi connectivity index (χ3v) is 2.00. The lowest BCUT2D eigenvalue weighted by atomic mass is 10.1. The molecule has 2 nitrogen and oxygen atoms in total. The average Bonchev–Trinajstić information content (AvgIpc) is 2.12. The first-order valence-electron chi connectivity index (χ1n) is 3.91. The Morgan fingerprint density at radius 1 is 1.42 bits per heavy atom. The van der Waals surface area contributed by atoms with Crippen LogP contribution < -0.4 is 4.74 Å². The Morgan fingerprint density at radius 3 is 3.08 bits per heavy atom. The molecule has 1 aromatic carbocycles. The largest absolute Gasteiger partial charge is 0.507 e. The Morgan fingerprint density at radius 2 is 2.25 bits per heavy atom. The molecule has 0 atom stereocenters. The molecule has 0 saturated carbocycles. The summed E-state index contributed by atoms with van der Waals surface area (Å²) in [5.74, 6) is 1.09. The first-order chi connectivity index (χ1) is 5.79. The van der Waals surface area contributed by atoms with Crippen LogP contribution in [0.3, 0.4) is 0 Å². The van der Waals surface area contributed by atoms with Crippen molar-refractivity contribution in [2.75, 3.05) is 6.61 Å². The standard InChI is InChI=1S/C10H10O2/c1-7-4-5-9-8(10(7)11)3-2-6-12-9/h2-5,11H,6H2,1H3. The van der Waals surface area contributed by atoms with Gasteiger partial charge in [-0.25, -0.2) is 0 Å². The highest BCUT2D eigenvalue weighted by Crippen LogP contribution is 2.33. The number of hydrogen-bond donors (Lipinski definition) is 1. The Bertz CT molecular complexity index is 340. The van der Waals surface area contributed by atoms with Crippen LogP contribution in [0.4, 0.5) is 0 Å². The van der Waals surface area contributed by atoms with Crippen molar-refractivity contribution in [1.82, 2.24) is 0 Å². The number of aryl methyl sites for hydroxylation is 1. The molecule has 0 aromatic heterocycles. The molecule has 1 aliphatic rings. The third-order valence-electron chi connectivity index (χ3n) is 2.00. The molecule has 0 bridgehead atoms. The maximum Gasteiger partial charge on any atom is 0.130 e. The minimum absolute atomic E-state index is 0.323. The number of benzene rings is 1. The van der Waals surface area contributed by atoms with E-state index in [0.29, 0.717) is 12.4 Å². The number of hydrogen-bond acceptors (Lipinski definition) is 2. The van der Waals surface area contributed by atoms with E-state index in [0.717, 1.165) is 16.9 Å². The normalized spacial score (nSPS) is 13.8. The zero-order chi connectivity index (χ0) is 8.55. The fraction of sp³-hybridized carbons (Fsp3) is 0.200. The molecule has 0 aliphatic carbocycles. The van der Waals surface area contributed by atoms with Gasteiger partial charge in [-0.3, -0.25) is 0 Å². The lowest BCUT2D eigenvalue weighted by Gasteiger charge is -2.14. The van der Waals surface area contributed by atoms with E-state index in [1.165, 1.54) is 0 Å². The van der Waals surface area contributed by atoms with E-state index in [9.17, 15) is 5.11 Å². The van der Waals surface area contributed by atoms with Crippen molar-refractivity contribution in [3.05, 3.63) is 29.3 Å². The smallest absolute Gasteiger partial charge is 0.130 e. The molecule has 0 saturated heterocycles. The summed E-state index contributed by atoms with van der Waals surface area (Å²) in [6.07, 6.45) is 3.78. The molecule has 0 unspecified atom stereocenters. The maximum absolute atomic E-state index is 9.61. The van der Waals surface area contributed by atoms with Gasteiger partial charge in [0.25, 0.3) is 0 Å². The van der Waals surface area contributed by atoms with Crippen molar-refractivity contribution in [1.29, 1.82) is 0 Å². The number of aromatic hydroxyl groups is 1. The molecule has 2 rings (SSSR count). The molecule has 0 radical (unpaired) electrons. The molecule has 1 N–H and O–H groups in total. The number of phenols is 1. The third kappa shape index (κ3) is 0.961. The number of phenolic OH excluding ortho intramolecular Hbond substituents is 1. The monoisotopic (exact) mass is 162 g/mol. The Labute approximate surface area is 71.1 Å². The number of rotatable bonds is 0. The summed E-state index contributed by atoms with van der Waals surface area (Å²) in [4.78, 5) is 0. The molecular weight excluding hydrogens is 152 g/mol. The first-order valence-corrected chi connectivity index (χ1v) is 3.91. The van der Waals surface area contributed by atoms with Gasteiger partial charge in [0.2, 0.25) is 0 Å². The zero-order valence-electron chi connectivity index (χ0n) is 6.87. The van der Waals surface area contributed by atoms with Gasteiger partial charge >= 0.3 is 0 Å². The lowest BCUT2D eigenvalue weighted by molar-refractivity contribution is 0.354. The van der Waals surface area contributed by atoms with E-state index in [1.807, 2.05) is 31.2 Å². The zero-order valence-corrected chi connectivity index (χ0v) is 6.87. The molecule has 0 spiro atoms. The summed E-state index contributed by atoms with van der Waals surface area (Å²) >= 11 is 0. The van der Waals surface area contributed by atoms with Crippen molar-refractivity contribution in [3.63, 3.8) is 0 Å². The van der Waals surface area contributed by atoms with Crippen LogP contribution in [0.15, 0.2) is 18.2 Å². The van der Waals surface area contributed by atoms with Crippen molar-refractivity contribution in [2.45, 2.75) is 6.92 Å². The van der Waals surface area contributed by atoms with E-state index >= 15 is 0 Å². The maximum atomic E-state index is 9.61. The van der Waals surface area contributed by atoms with E-state index < -0.39 is 0 Å². The van der Waals surface area contributed by atoms with Gasteiger partial charge in [0.05, 0.1) is 5.56 Å². The second kappa shape index (κ2) is 2.55. The fourth-order valence-corrected chi connectivity index (χ4v) is 1.29. The highest BCUT2D eigenvalue weighted by Gasteiger charge is 2.10. The van der Waals surface area contributed by atoms with Crippen LogP contribution >= 0.6 is 0 Å². The van der Waals surface area contributed by atoms with Gasteiger partial charge in [-0.05, 0) is 30.7 Å². The Balaban J connectivity index is 2.64. The van der Waals surface area contributed by atoms with Gasteiger partial charge in [-0.15, -0.1) is 0 Å². The summed E-state index contributed by atoms with van der Waals surface area (Å²) in [5.41, 5.74) is 1.67. The summed E-state index contributed by atoms with van der Waals surface area (Å²) < 4.78 is 5.31. The minimum atomic E-state index is 0.323. The topological polar surface area (TPSA) is 29.5 Å². The van der Waals surface area contributed by atoms with Crippen molar-refractivity contribution >= 4 is 6.08 Å². The predicted octanol–water partition coefficient (Wildman–Crippen LogP) is 2.11. The lowest BCUT2D eigenvalue weighted by Crippen LogP contribution is -2.00. The molecule has 2 heteroatoms. The molecule has 0 amide bonds. The molecule has 1 aliphatic heterocycles. The van der Waals surface area contributed by atoms with Crippen LogP contribution in [-0.2, 0) is 0 Å². The number of ether oxygens (including phenoxy) is 1. The first kappa shape index (κ1) is 7.22. The minimum Gasteiger partial charge on any atom is -0.507 e. The van der Waals surface area contributed by atoms with E-state index in [-0.39, 0.29) is 0 Å². The van der Waals surface area contributed by atoms with Crippen LogP contribution in [0.1, 0.15) is 11.1 Å². The van der Waals surface area contributed by atoms with Crippen LogP contribution in [0.2, 0.25) is 0 Å². The molecule has 1 heterocycles. The van der Waals surface area contributed by atoms with E-state index in [2.05, 4.69) is 0 Å². The molecular formula is C10H10O2. The number of fused-ring (bicyclic) bond motifs is 1. The van der Waals surface area contributed by atoms with Gasteiger partial charge < -0.3 is 9.84 Å². The van der Waals surface area contributed by atoms with E-state index in [1.54, 1.807) is 0 Å². The highest BCUT2D eigenvalue weighted by atomic mass is 16.5. The van der Waals surface area contributed by atoms with Crippen LogP contribution in [0, 0.1) is 6.92 Å². The van der Waals surface area contributed by atoms with Crippen molar-refractivity contribution in [3.8, 4) is 11.5 Å². The average molecular weight is 162 g/mol. The fourth-order valence-electron chi connectivity index (χ4n) is 1.29. The SMILES string of the molecule is Cc1ccc2c(c1O)C=CCO2. The van der Waals surface area contributed by atoms with Gasteiger partial charge in [0.1, 0.15) is 18.1 Å². The molecule has 1 aromatic rings. The van der Waals surface area contributed by atoms with Gasteiger partial charge in [-0.1, -0.05) is 6.07 Å². The van der Waals surface area contributed by atoms with Crippen LogP contribution in [0.5, 0.6) is 11.5 Å². The molecule has 12 heavy (non-hydrogen) atoms.